The summed E-state index contributed by atoms with van der Waals surface area (Å²) in [4.78, 5) is 10.8. The molecule has 0 radical (unpaired) electrons. The first-order chi connectivity index (χ1) is 11.5. The smallest absolute Gasteiger partial charge is 0.335 e. The number of benzene rings is 1. The summed E-state index contributed by atoms with van der Waals surface area (Å²) in [5.41, 5.74) is 2.74. The highest BCUT2D eigenvalue weighted by molar-refractivity contribution is 5.87. The molecule has 2 heteroatoms. The molecule has 2 nitrogen and oxygen atoms in total. The Labute approximate surface area is 143 Å². The minimum Gasteiger partial charge on any atom is -0.478 e. The number of allylic oxidation sites excluding steroid dienone is 8. The van der Waals surface area contributed by atoms with Crippen molar-refractivity contribution in [3.05, 3.63) is 103 Å². The van der Waals surface area contributed by atoms with Crippen molar-refractivity contribution in [1.82, 2.24) is 0 Å². The minimum absolute atomic E-state index is 0.280. The third-order valence-corrected chi connectivity index (χ3v) is 2.89. The van der Waals surface area contributed by atoms with E-state index in [2.05, 4.69) is 31.6 Å². The lowest BCUT2D eigenvalue weighted by atomic mass is 10.1. The van der Waals surface area contributed by atoms with Crippen molar-refractivity contribution < 1.29 is 9.90 Å². The number of carbonyl (C=O) groups is 1. The predicted molar refractivity (Wildman–Crippen MR) is 102 cm³/mol. The van der Waals surface area contributed by atoms with Crippen molar-refractivity contribution in [2.24, 2.45) is 0 Å². The average molecular weight is 316 g/mol. The Morgan fingerprint density at radius 1 is 1.08 bits per heavy atom. The number of hydrogen-bond donors (Lipinski definition) is 1. The highest BCUT2D eigenvalue weighted by atomic mass is 16.4. The highest BCUT2D eigenvalue weighted by Crippen LogP contribution is 2.06. The summed E-state index contributed by atoms with van der Waals surface area (Å²) in [7, 11) is 0. The summed E-state index contributed by atoms with van der Waals surface area (Å²) >= 11 is 0. The number of aromatic carboxylic acids is 1. The van der Waals surface area contributed by atoms with E-state index in [-0.39, 0.29) is 5.56 Å². The van der Waals surface area contributed by atoms with E-state index in [4.69, 9.17) is 5.11 Å². The maximum atomic E-state index is 10.8. The van der Waals surface area contributed by atoms with Gasteiger partial charge in [-0.3, -0.25) is 0 Å². The Hall–Kier alpha value is -3.31. The average Bonchev–Trinajstić information content (AvgIpc) is 2.58. The van der Waals surface area contributed by atoms with E-state index in [1.165, 1.54) is 0 Å². The van der Waals surface area contributed by atoms with Crippen LogP contribution in [0, 0.1) is 11.8 Å². The van der Waals surface area contributed by atoms with E-state index in [0.717, 1.165) is 11.1 Å². The third-order valence-electron chi connectivity index (χ3n) is 2.89. The molecule has 0 unspecified atom stereocenters. The van der Waals surface area contributed by atoms with Gasteiger partial charge in [0, 0.05) is 5.57 Å². The Kier molecular flexibility index (Phi) is 8.14. The first-order valence-electron chi connectivity index (χ1n) is 7.37. The van der Waals surface area contributed by atoms with Gasteiger partial charge in [0.2, 0.25) is 0 Å². The molecular formula is C22H20O2. The summed E-state index contributed by atoms with van der Waals surface area (Å²) in [5, 5.41) is 8.83. The van der Waals surface area contributed by atoms with Crippen LogP contribution in [0.1, 0.15) is 22.3 Å². The zero-order valence-electron chi connectivity index (χ0n) is 13.5. The number of carboxylic acid groups (broad SMARTS) is 1. The van der Waals surface area contributed by atoms with Crippen LogP contribution in [-0.2, 0) is 0 Å². The summed E-state index contributed by atoms with van der Waals surface area (Å²) in [6, 6.07) is 6.69. The van der Waals surface area contributed by atoms with Crippen molar-refractivity contribution in [1.29, 1.82) is 0 Å². The molecule has 0 spiro atoms. The molecule has 24 heavy (non-hydrogen) atoms. The van der Waals surface area contributed by atoms with Crippen LogP contribution in [0.5, 0.6) is 0 Å². The zero-order valence-corrected chi connectivity index (χ0v) is 13.5. The van der Waals surface area contributed by atoms with Crippen molar-refractivity contribution in [3.8, 4) is 11.8 Å². The Morgan fingerprint density at radius 2 is 1.79 bits per heavy atom. The second-order valence-corrected chi connectivity index (χ2v) is 4.89. The summed E-state index contributed by atoms with van der Waals surface area (Å²) in [6.07, 6.45) is 13.6. The Morgan fingerprint density at radius 3 is 2.42 bits per heavy atom. The lowest BCUT2D eigenvalue weighted by molar-refractivity contribution is 0.0697. The molecule has 0 atom stereocenters. The second kappa shape index (κ2) is 10.4. The van der Waals surface area contributed by atoms with E-state index in [0.29, 0.717) is 12.0 Å². The van der Waals surface area contributed by atoms with E-state index >= 15 is 0 Å². The molecule has 0 aliphatic heterocycles. The summed E-state index contributed by atoms with van der Waals surface area (Å²) < 4.78 is 0. The molecule has 0 aliphatic rings. The maximum absolute atomic E-state index is 10.8. The van der Waals surface area contributed by atoms with E-state index < -0.39 is 5.97 Å². The lowest BCUT2D eigenvalue weighted by Crippen LogP contribution is -1.94. The van der Waals surface area contributed by atoms with Gasteiger partial charge in [-0.2, -0.15) is 0 Å². The summed E-state index contributed by atoms with van der Waals surface area (Å²) in [6.45, 7) is 11.3. The van der Waals surface area contributed by atoms with Crippen LogP contribution in [-0.4, -0.2) is 11.1 Å². The second-order valence-electron chi connectivity index (χ2n) is 4.89. The quantitative estimate of drug-likeness (QED) is 0.554. The number of carboxylic acids is 1. The van der Waals surface area contributed by atoms with Gasteiger partial charge in [-0.25, -0.2) is 4.79 Å². The molecule has 1 N–H and O–H groups in total. The maximum Gasteiger partial charge on any atom is 0.335 e. The molecule has 0 aliphatic carbocycles. The number of rotatable bonds is 7. The van der Waals surface area contributed by atoms with Gasteiger partial charge < -0.3 is 5.11 Å². The van der Waals surface area contributed by atoms with Crippen LogP contribution in [0.3, 0.4) is 0 Å². The van der Waals surface area contributed by atoms with Crippen LogP contribution in [0.4, 0.5) is 0 Å². The van der Waals surface area contributed by atoms with E-state index in [1.807, 2.05) is 24.3 Å². The molecule has 1 aromatic rings. The Bertz CT molecular complexity index is 760. The van der Waals surface area contributed by atoms with Crippen LogP contribution in [0.2, 0.25) is 0 Å². The molecule has 120 valence electrons. The van der Waals surface area contributed by atoms with Crippen LogP contribution < -0.4 is 0 Å². The van der Waals surface area contributed by atoms with E-state index in [1.54, 1.807) is 42.5 Å². The molecule has 0 saturated heterocycles. The fourth-order valence-electron chi connectivity index (χ4n) is 1.64. The molecule has 0 aromatic heterocycles. The first kappa shape index (κ1) is 18.7. The lowest BCUT2D eigenvalue weighted by Gasteiger charge is -1.95. The molecule has 0 fully saturated rings. The molecule has 1 rings (SSSR count). The summed E-state index contributed by atoms with van der Waals surface area (Å²) in [5.74, 6) is 4.95. The van der Waals surface area contributed by atoms with Gasteiger partial charge in [0.1, 0.15) is 0 Å². The SMILES string of the molecule is C=C/C=C\C(=C)C#CC(=C)C/C=C/C=C/c1ccc(C(=O)O)cc1. The van der Waals surface area contributed by atoms with Crippen LogP contribution in [0.25, 0.3) is 6.08 Å². The van der Waals surface area contributed by atoms with Crippen molar-refractivity contribution in [2.75, 3.05) is 0 Å². The highest BCUT2D eigenvalue weighted by Gasteiger charge is 1.99. The fraction of sp³-hybridized carbons (Fsp3) is 0.0455. The van der Waals surface area contributed by atoms with Gasteiger partial charge >= 0.3 is 5.97 Å². The van der Waals surface area contributed by atoms with E-state index in [9.17, 15) is 4.79 Å². The fourth-order valence-corrected chi connectivity index (χ4v) is 1.64. The normalized spacial score (nSPS) is 10.7. The first-order valence-corrected chi connectivity index (χ1v) is 7.37. The van der Waals surface area contributed by atoms with Gasteiger partial charge in [-0.15, -0.1) is 0 Å². The molecule has 1 aromatic carbocycles. The number of hydrogen-bond acceptors (Lipinski definition) is 1. The topological polar surface area (TPSA) is 37.3 Å². The molecule has 0 bridgehead atoms. The van der Waals surface area contributed by atoms with Crippen molar-refractivity contribution in [2.45, 2.75) is 6.42 Å². The minimum atomic E-state index is -0.923. The predicted octanol–water partition coefficient (Wildman–Crippen LogP) is 5.20. The van der Waals surface area contributed by atoms with Gasteiger partial charge in [0.25, 0.3) is 0 Å². The molecule has 0 amide bonds. The van der Waals surface area contributed by atoms with Crippen LogP contribution >= 0.6 is 0 Å². The monoisotopic (exact) mass is 316 g/mol. The molecular weight excluding hydrogens is 296 g/mol. The van der Waals surface area contributed by atoms with Crippen molar-refractivity contribution >= 4 is 12.0 Å². The van der Waals surface area contributed by atoms with Gasteiger partial charge in [-0.05, 0) is 35.8 Å². The largest absolute Gasteiger partial charge is 0.478 e. The molecule has 0 saturated carbocycles. The third kappa shape index (κ3) is 7.63. The standard InChI is InChI=1S/C22H20O2/c1-4-5-9-18(2)12-13-19(3)10-7-6-8-11-20-14-16-21(17-15-20)22(23)24/h4-9,11,14-17H,1-3,10H2,(H,23,24)/b7-6+,9-5-,11-8+. The van der Waals surface area contributed by atoms with Gasteiger partial charge in [0.05, 0.1) is 5.56 Å². The Balaban J connectivity index is 2.47. The van der Waals surface area contributed by atoms with Crippen molar-refractivity contribution in [3.63, 3.8) is 0 Å². The van der Waals surface area contributed by atoms with Gasteiger partial charge in [-0.1, -0.05) is 80.2 Å². The molecule has 0 heterocycles. The van der Waals surface area contributed by atoms with Gasteiger partial charge in [0.15, 0.2) is 0 Å². The zero-order chi connectivity index (χ0) is 17.8. The van der Waals surface area contributed by atoms with Crippen LogP contribution in [0.15, 0.2) is 91.6 Å².